The Kier molecular flexibility index (Phi) is 4.16. The van der Waals surface area contributed by atoms with Gasteiger partial charge in [-0.1, -0.05) is 24.4 Å². The van der Waals surface area contributed by atoms with Crippen LogP contribution in [0, 0.1) is 15.9 Å². The minimum atomic E-state index is 0.865. The van der Waals surface area contributed by atoms with E-state index in [-0.39, 0.29) is 0 Å². The molecule has 1 aromatic rings. The lowest BCUT2D eigenvalue weighted by Crippen LogP contribution is -2.24. The van der Waals surface area contributed by atoms with Gasteiger partial charge in [-0.05, 0) is 32.5 Å². The van der Waals surface area contributed by atoms with Gasteiger partial charge in [0.2, 0.25) is 0 Å². The first-order valence-electron chi connectivity index (χ1n) is 4.75. The van der Waals surface area contributed by atoms with Gasteiger partial charge in [-0.2, -0.15) is 0 Å². The summed E-state index contributed by atoms with van der Waals surface area (Å²) in [7, 11) is 4.04. The van der Waals surface area contributed by atoms with Gasteiger partial charge in [0.05, 0.1) is 14.7 Å². The number of nitrogens with zero attached hydrogens (tertiary/aromatic N) is 1. The molecule has 0 aliphatic rings. The molecule has 0 radical (unpaired) electrons. The fourth-order valence-electron chi connectivity index (χ4n) is 1.56. The van der Waals surface area contributed by atoms with Crippen LogP contribution in [-0.2, 0) is 0 Å². The second-order valence-electron chi connectivity index (χ2n) is 3.51. The number of nitrogens with one attached hydrogen (secondary N) is 1. The van der Waals surface area contributed by atoms with Crippen LogP contribution in [0.4, 0.5) is 5.69 Å². The Balaban J connectivity index is 2.58. The largest absolute Gasteiger partial charge is 0.373 e. The molecule has 0 atom stereocenters. The van der Waals surface area contributed by atoms with Crippen LogP contribution in [0.1, 0.15) is 12.0 Å². The highest BCUT2D eigenvalue weighted by Gasteiger charge is 2.13. The zero-order valence-electron chi connectivity index (χ0n) is 8.89. The topological polar surface area (TPSA) is 15.3 Å². The first-order chi connectivity index (χ1) is 6.59. The second-order valence-corrected chi connectivity index (χ2v) is 4.33. The smallest absolute Gasteiger partial charge is 0.0797 e. The molecule has 2 nitrogen and oxygen atoms in total. The van der Waals surface area contributed by atoms with Gasteiger partial charge >= 0.3 is 0 Å². The highest BCUT2D eigenvalue weighted by atomic mass is 32.1. The van der Waals surface area contributed by atoms with E-state index in [1.54, 1.807) is 0 Å². The van der Waals surface area contributed by atoms with Crippen LogP contribution in [-0.4, -0.2) is 27.2 Å². The van der Waals surface area contributed by atoms with Crippen molar-refractivity contribution in [1.29, 1.82) is 0 Å². The lowest BCUT2D eigenvalue weighted by Gasteiger charge is -2.24. The summed E-state index contributed by atoms with van der Waals surface area (Å²) in [4.78, 5) is 2.20. The van der Waals surface area contributed by atoms with Gasteiger partial charge in [0.15, 0.2) is 0 Å². The summed E-state index contributed by atoms with van der Waals surface area (Å²) >= 11 is 10.3. The number of hydrogen-bond acceptors (Lipinski definition) is 4. The normalized spacial score (nSPS) is 10.8. The van der Waals surface area contributed by atoms with E-state index in [1.165, 1.54) is 11.3 Å². The van der Waals surface area contributed by atoms with Crippen LogP contribution < -0.4 is 10.2 Å². The van der Waals surface area contributed by atoms with Gasteiger partial charge < -0.3 is 10.2 Å². The summed E-state index contributed by atoms with van der Waals surface area (Å²) in [6, 6.07) is 0. The van der Waals surface area contributed by atoms with Crippen molar-refractivity contribution in [3.8, 4) is 0 Å². The highest BCUT2D eigenvalue weighted by Crippen LogP contribution is 2.28. The summed E-state index contributed by atoms with van der Waals surface area (Å²) in [5.41, 5.74) is 2.35. The molecular formula is C10H16N2S2. The van der Waals surface area contributed by atoms with Crippen LogP contribution >= 0.6 is 24.4 Å². The van der Waals surface area contributed by atoms with E-state index in [0.29, 0.717) is 0 Å². The Morgan fingerprint density at radius 2 is 1.93 bits per heavy atom. The van der Waals surface area contributed by atoms with Gasteiger partial charge in [0, 0.05) is 13.6 Å². The summed E-state index contributed by atoms with van der Waals surface area (Å²) in [6.07, 6.45) is 1.12. The van der Waals surface area contributed by atoms with Gasteiger partial charge in [-0.25, -0.2) is 0 Å². The molecule has 1 aromatic carbocycles. The Bertz CT molecular complexity index is 377. The van der Waals surface area contributed by atoms with Crippen LogP contribution in [0.2, 0.25) is 0 Å². The van der Waals surface area contributed by atoms with E-state index in [4.69, 9.17) is 24.4 Å². The van der Waals surface area contributed by atoms with Crippen LogP contribution in [0.5, 0.6) is 0 Å². The van der Waals surface area contributed by atoms with Crippen LogP contribution in [0.15, 0.2) is 0 Å². The molecule has 0 bridgehead atoms. The van der Waals surface area contributed by atoms with Gasteiger partial charge in [-0.15, -0.1) is 0 Å². The molecule has 0 fully saturated rings. The van der Waals surface area contributed by atoms with Crippen LogP contribution in [0.3, 0.4) is 0 Å². The monoisotopic (exact) mass is 228 g/mol. The molecule has 0 spiro atoms. The van der Waals surface area contributed by atoms with E-state index in [9.17, 15) is 0 Å². The van der Waals surface area contributed by atoms with E-state index in [2.05, 4.69) is 17.3 Å². The van der Waals surface area contributed by atoms with Gasteiger partial charge in [-0.3, -0.25) is 0 Å². The molecule has 0 aliphatic heterocycles. The zero-order valence-corrected chi connectivity index (χ0v) is 10.5. The molecule has 0 saturated carbocycles. The van der Waals surface area contributed by atoms with E-state index >= 15 is 0 Å². The van der Waals surface area contributed by atoms with Crippen molar-refractivity contribution in [2.45, 2.75) is 13.3 Å². The Labute approximate surface area is 95.6 Å². The molecule has 0 aromatic heterocycles. The third kappa shape index (κ3) is 2.19. The predicted octanol–water partition coefficient (Wildman–Crippen LogP) is 2.38. The standard InChI is InChI=1S/C10H16N2S2/c1-7-8(10(14)9(7)13)12(3)6-4-5-11-2/h11H,4-6H2,1-3H3. The number of anilines is 1. The molecule has 78 valence electrons. The lowest BCUT2D eigenvalue weighted by molar-refractivity contribution is 0.711. The van der Waals surface area contributed by atoms with Crippen molar-refractivity contribution in [2.24, 2.45) is 0 Å². The third-order valence-electron chi connectivity index (χ3n) is 2.42. The fourth-order valence-corrected chi connectivity index (χ4v) is 2.21. The molecule has 0 heterocycles. The minimum absolute atomic E-state index is 0.865. The number of hydrogen-bond donors (Lipinski definition) is 1. The molecule has 14 heavy (non-hydrogen) atoms. The molecule has 0 aliphatic carbocycles. The second kappa shape index (κ2) is 4.96. The molecular weight excluding hydrogens is 212 g/mol. The maximum atomic E-state index is 5.20. The van der Waals surface area contributed by atoms with Crippen molar-refractivity contribution in [3.63, 3.8) is 0 Å². The fraction of sp³-hybridized carbons (Fsp3) is 0.600. The van der Waals surface area contributed by atoms with Gasteiger partial charge in [0.1, 0.15) is 0 Å². The van der Waals surface area contributed by atoms with Crippen molar-refractivity contribution < 1.29 is 0 Å². The van der Waals surface area contributed by atoms with Crippen molar-refractivity contribution >= 4 is 30.1 Å². The Morgan fingerprint density at radius 3 is 2.43 bits per heavy atom. The molecule has 0 unspecified atom stereocenters. The van der Waals surface area contributed by atoms with Crippen molar-refractivity contribution in [1.82, 2.24) is 5.32 Å². The van der Waals surface area contributed by atoms with E-state index < -0.39 is 0 Å². The van der Waals surface area contributed by atoms with Crippen LogP contribution in [0.25, 0.3) is 0 Å². The summed E-state index contributed by atoms with van der Waals surface area (Å²) in [6.45, 7) is 4.10. The molecule has 1 rings (SSSR count). The Hall–Kier alpha value is -0.320. The zero-order chi connectivity index (χ0) is 10.7. The Morgan fingerprint density at radius 1 is 1.29 bits per heavy atom. The van der Waals surface area contributed by atoms with Crippen molar-refractivity contribution in [3.05, 3.63) is 14.6 Å². The maximum Gasteiger partial charge on any atom is 0.0797 e. The first-order valence-corrected chi connectivity index (χ1v) is 5.57. The third-order valence-corrected chi connectivity index (χ3v) is 3.46. The van der Waals surface area contributed by atoms with E-state index in [1.807, 2.05) is 14.0 Å². The SMILES string of the molecule is CNCCCN(C)c1c(C)c(=S)c1=S. The number of rotatable bonds is 5. The van der Waals surface area contributed by atoms with Crippen molar-refractivity contribution in [2.75, 3.05) is 32.1 Å². The molecule has 0 amide bonds. The lowest BCUT2D eigenvalue weighted by atomic mass is 10.1. The quantitative estimate of drug-likeness (QED) is 0.614. The summed E-state index contributed by atoms with van der Waals surface area (Å²) in [5, 5.41) is 3.13. The predicted molar refractivity (Wildman–Crippen MR) is 67.0 cm³/mol. The highest BCUT2D eigenvalue weighted by molar-refractivity contribution is 7.74. The van der Waals surface area contributed by atoms with Gasteiger partial charge in [0.25, 0.3) is 0 Å². The average molecular weight is 228 g/mol. The summed E-state index contributed by atoms with van der Waals surface area (Å²) < 4.78 is 1.74. The molecule has 0 saturated heterocycles. The molecule has 1 N–H and O–H groups in total. The summed E-state index contributed by atoms with van der Waals surface area (Å²) in [5.74, 6) is 0. The first kappa shape index (κ1) is 11.8. The van der Waals surface area contributed by atoms with E-state index in [0.717, 1.165) is 28.5 Å². The minimum Gasteiger partial charge on any atom is -0.373 e. The average Bonchev–Trinajstić information content (AvgIpc) is 2.18. The maximum absolute atomic E-state index is 5.20. The molecule has 4 heteroatoms.